The highest BCUT2D eigenvalue weighted by atomic mass is 32.2. The first-order chi connectivity index (χ1) is 11.6. The summed E-state index contributed by atoms with van der Waals surface area (Å²) in [6, 6.07) is 0.585. The zero-order valence-electron chi connectivity index (χ0n) is 13.9. The number of nitrogens with zero attached hydrogens (tertiary/aromatic N) is 1. The van der Waals surface area contributed by atoms with E-state index in [-0.39, 0.29) is 21.3 Å². The molecule has 0 aromatic carbocycles. The van der Waals surface area contributed by atoms with Gasteiger partial charge in [0.15, 0.2) is 0 Å². The van der Waals surface area contributed by atoms with Crippen LogP contribution in [-0.2, 0) is 10.0 Å². The first kappa shape index (κ1) is 19.1. The molecule has 2 rings (SSSR count). The Morgan fingerprint density at radius 1 is 1.36 bits per heavy atom. The lowest BCUT2D eigenvalue weighted by atomic mass is 10.2. The summed E-state index contributed by atoms with van der Waals surface area (Å²) >= 11 is 0.975. The van der Waals surface area contributed by atoms with E-state index in [0.717, 1.165) is 17.4 Å². The number of carbonyl (C=O) groups is 2. The Labute approximate surface area is 148 Å². The number of sulfonamides is 1. The molecule has 9 nitrogen and oxygen atoms in total. The van der Waals surface area contributed by atoms with E-state index >= 15 is 0 Å². The molecule has 2 aromatic rings. The minimum absolute atomic E-state index is 0.0763. The molecule has 136 valence electrons. The van der Waals surface area contributed by atoms with E-state index in [1.807, 2.05) is 0 Å². The first-order valence-corrected chi connectivity index (χ1v) is 9.42. The third-order valence-corrected chi connectivity index (χ3v) is 6.00. The number of carboxylic acids is 1. The van der Waals surface area contributed by atoms with Crippen LogP contribution < -0.4 is 10.0 Å². The van der Waals surface area contributed by atoms with Crippen molar-refractivity contribution in [2.75, 3.05) is 7.05 Å². The lowest BCUT2D eigenvalue weighted by molar-refractivity contribution is 0.0700. The number of aryl methyl sites for hydroxylation is 2. The maximum atomic E-state index is 12.4. The van der Waals surface area contributed by atoms with Gasteiger partial charge >= 0.3 is 5.97 Å². The van der Waals surface area contributed by atoms with Gasteiger partial charge in [0, 0.05) is 6.07 Å². The molecular weight excluding hydrogens is 370 g/mol. The first-order valence-electron chi connectivity index (χ1n) is 7.12. The van der Waals surface area contributed by atoms with Gasteiger partial charge in [-0.25, -0.2) is 22.9 Å². The molecule has 2 aromatic heterocycles. The summed E-state index contributed by atoms with van der Waals surface area (Å²) in [4.78, 5) is 27.7. The van der Waals surface area contributed by atoms with Crippen LogP contribution in [0.25, 0.3) is 0 Å². The number of carboxylic acid groups (broad SMARTS) is 1. The molecule has 0 radical (unpaired) electrons. The van der Waals surface area contributed by atoms with Crippen LogP contribution in [0, 0.1) is 13.8 Å². The van der Waals surface area contributed by atoms with Gasteiger partial charge in [0.2, 0.25) is 5.09 Å². The van der Waals surface area contributed by atoms with Gasteiger partial charge < -0.3 is 14.8 Å². The highest BCUT2D eigenvalue weighted by Crippen LogP contribution is 2.25. The number of carbonyl (C=O) groups excluding carboxylic acids is 1. The van der Waals surface area contributed by atoms with Crippen LogP contribution in [0.4, 0.5) is 0 Å². The molecule has 2 heterocycles. The van der Waals surface area contributed by atoms with Gasteiger partial charge in [-0.05, 0) is 27.8 Å². The monoisotopic (exact) mass is 387 g/mol. The van der Waals surface area contributed by atoms with E-state index in [0.29, 0.717) is 10.7 Å². The van der Waals surface area contributed by atoms with E-state index in [4.69, 9.17) is 9.52 Å². The Morgan fingerprint density at radius 3 is 2.52 bits per heavy atom. The normalized spacial score (nSPS) is 12.8. The van der Waals surface area contributed by atoms with Crippen LogP contribution >= 0.6 is 11.3 Å². The molecule has 1 amide bonds. The fraction of sp³-hybridized carbons (Fsp3) is 0.357. The third kappa shape index (κ3) is 3.89. The van der Waals surface area contributed by atoms with E-state index in [1.165, 1.54) is 14.0 Å². The van der Waals surface area contributed by atoms with Crippen LogP contribution in [-0.4, -0.2) is 37.4 Å². The second-order valence-electron chi connectivity index (χ2n) is 5.21. The number of furan rings is 1. The predicted octanol–water partition coefficient (Wildman–Crippen LogP) is 1.45. The number of thiazole rings is 1. The van der Waals surface area contributed by atoms with Crippen molar-refractivity contribution in [1.82, 2.24) is 15.0 Å². The van der Waals surface area contributed by atoms with Crippen molar-refractivity contribution in [2.45, 2.75) is 31.9 Å². The van der Waals surface area contributed by atoms with Gasteiger partial charge in [-0.3, -0.25) is 4.79 Å². The molecule has 1 unspecified atom stereocenters. The van der Waals surface area contributed by atoms with Crippen molar-refractivity contribution in [2.24, 2.45) is 0 Å². The van der Waals surface area contributed by atoms with Gasteiger partial charge in [-0.15, -0.1) is 11.3 Å². The number of aromatic nitrogens is 1. The van der Waals surface area contributed by atoms with E-state index in [1.54, 1.807) is 13.8 Å². The molecule has 0 saturated heterocycles. The molecule has 0 saturated carbocycles. The largest absolute Gasteiger partial charge is 0.477 e. The summed E-state index contributed by atoms with van der Waals surface area (Å²) < 4.78 is 30.7. The molecule has 3 N–H and O–H groups in total. The fourth-order valence-corrected chi connectivity index (χ4v) is 3.67. The van der Waals surface area contributed by atoms with Crippen LogP contribution in [0.5, 0.6) is 0 Å². The molecular formula is C14H17N3O6S2. The average Bonchev–Trinajstić information content (AvgIpc) is 3.10. The zero-order valence-corrected chi connectivity index (χ0v) is 15.5. The standard InChI is InChI=1S/C14H17N3O6S2/c1-6-11(14(19)20)24-13(17-6)7(2)16-12(18)9-5-10(23-8(9)3)25(21,22)15-4/h5,7,15H,1-4H3,(H,16,18)(H,19,20). The SMILES string of the molecule is CNS(=O)(=O)c1cc(C(=O)NC(C)c2nc(C)c(C(=O)O)s2)c(C)o1. The van der Waals surface area contributed by atoms with Crippen LogP contribution in [0.1, 0.15) is 49.5 Å². The number of hydrogen-bond donors (Lipinski definition) is 3. The molecule has 0 fully saturated rings. The number of nitrogens with one attached hydrogen (secondary N) is 2. The summed E-state index contributed by atoms with van der Waals surface area (Å²) in [5.74, 6) is -1.47. The minimum Gasteiger partial charge on any atom is -0.477 e. The van der Waals surface area contributed by atoms with E-state index < -0.39 is 27.9 Å². The summed E-state index contributed by atoms with van der Waals surface area (Å²) in [5.41, 5.74) is 0.447. The van der Waals surface area contributed by atoms with E-state index in [2.05, 4.69) is 15.0 Å². The zero-order chi connectivity index (χ0) is 18.9. The molecule has 11 heteroatoms. The fourth-order valence-electron chi connectivity index (χ4n) is 2.05. The second-order valence-corrected chi connectivity index (χ2v) is 8.06. The van der Waals surface area contributed by atoms with Gasteiger partial charge in [-0.1, -0.05) is 0 Å². The Kier molecular flexibility index (Phi) is 5.30. The molecule has 0 bridgehead atoms. The molecule has 0 spiro atoms. The number of rotatable bonds is 6. The lowest BCUT2D eigenvalue weighted by Gasteiger charge is -2.10. The highest BCUT2D eigenvalue weighted by Gasteiger charge is 2.25. The summed E-state index contributed by atoms with van der Waals surface area (Å²) in [6.45, 7) is 4.71. The lowest BCUT2D eigenvalue weighted by Crippen LogP contribution is -2.26. The van der Waals surface area contributed by atoms with Crippen LogP contribution in [0.3, 0.4) is 0 Å². The molecule has 0 aliphatic rings. The molecule has 0 aliphatic carbocycles. The smallest absolute Gasteiger partial charge is 0.347 e. The van der Waals surface area contributed by atoms with Crippen LogP contribution in [0.2, 0.25) is 0 Å². The Hall–Kier alpha value is -2.24. The number of hydrogen-bond acceptors (Lipinski definition) is 7. The van der Waals surface area contributed by atoms with E-state index in [9.17, 15) is 18.0 Å². The highest BCUT2D eigenvalue weighted by molar-refractivity contribution is 7.89. The van der Waals surface area contributed by atoms with Crippen molar-refractivity contribution >= 4 is 33.2 Å². The van der Waals surface area contributed by atoms with Crippen LogP contribution in [0.15, 0.2) is 15.6 Å². The van der Waals surface area contributed by atoms with Crippen molar-refractivity contribution in [3.05, 3.63) is 33.0 Å². The summed E-state index contributed by atoms with van der Waals surface area (Å²) in [6.07, 6.45) is 0. The number of aromatic carboxylic acids is 1. The Bertz CT molecular complexity index is 929. The molecule has 1 atom stereocenters. The van der Waals surface area contributed by atoms with Gasteiger partial charge in [0.25, 0.3) is 15.9 Å². The van der Waals surface area contributed by atoms with Gasteiger partial charge in [0.1, 0.15) is 15.6 Å². The second kappa shape index (κ2) is 6.94. The third-order valence-electron chi connectivity index (χ3n) is 3.40. The average molecular weight is 387 g/mol. The van der Waals surface area contributed by atoms with Gasteiger partial charge in [-0.2, -0.15) is 0 Å². The number of amides is 1. The molecule has 0 aliphatic heterocycles. The van der Waals surface area contributed by atoms with Crippen molar-refractivity contribution in [3.8, 4) is 0 Å². The topological polar surface area (TPSA) is 139 Å². The summed E-state index contributed by atoms with van der Waals surface area (Å²) in [5, 5.41) is 11.8. The minimum atomic E-state index is -3.80. The maximum absolute atomic E-state index is 12.4. The Balaban J connectivity index is 2.22. The maximum Gasteiger partial charge on any atom is 0.347 e. The Morgan fingerprint density at radius 2 is 2.00 bits per heavy atom. The summed E-state index contributed by atoms with van der Waals surface area (Å²) in [7, 11) is -2.56. The quantitative estimate of drug-likeness (QED) is 0.682. The molecule has 25 heavy (non-hydrogen) atoms. The van der Waals surface area contributed by atoms with Crippen molar-refractivity contribution in [1.29, 1.82) is 0 Å². The van der Waals surface area contributed by atoms with Crippen molar-refractivity contribution < 1.29 is 27.5 Å². The van der Waals surface area contributed by atoms with Crippen molar-refractivity contribution in [3.63, 3.8) is 0 Å². The van der Waals surface area contributed by atoms with Gasteiger partial charge in [0.05, 0.1) is 17.3 Å². The predicted molar refractivity (Wildman–Crippen MR) is 89.4 cm³/mol.